The Kier molecular flexibility index (Phi) is 4.17. The number of anilines is 2. The Balaban J connectivity index is 1.48. The van der Waals surface area contributed by atoms with E-state index in [9.17, 15) is 4.55 Å². The molecular weight excluding hydrogens is 450 g/mol. The summed E-state index contributed by atoms with van der Waals surface area (Å²) in [4.78, 5) is 8.96. The largest absolute Gasteiger partial charge is 0.616 e. The van der Waals surface area contributed by atoms with E-state index in [2.05, 4.69) is 48.7 Å². The number of nitrogens with zero attached hydrogens (tertiary/aromatic N) is 2. The highest BCUT2D eigenvalue weighted by atomic mass is 79.9. The second-order valence-electron chi connectivity index (χ2n) is 8.14. The summed E-state index contributed by atoms with van der Waals surface area (Å²) in [6.45, 7) is 3.72. The molecule has 1 saturated heterocycles. The van der Waals surface area contributed by atoms with Crippen molar-refractivity contribution in [2.75, 3.05) is 11.1 Å². The number of nitrogens with one attached hydrogen (secondary N) is 3. The zero-order chi connectivity index (χ0) is 20.4. The number of fused-ring (bicyclic) bond motifs is 3. The molecule has 0 saturated carbocycles. The van der Waals surface area contributed by atoms with Gasteiger partial charge in [-0.05, 0) is 76.3 Å². The standard InChI is InChI=1S/C21H20BrN5OS/c1-20(2)19(23)27-21(11-29(20)28)9-13-3-4-15(8-16(13)21)26-18-17-12(5-6-24-18)7-14(22)10-25-17/h3-8,10H,9,11H2,1-2H3,(H2,23,27)(H,24,26)/t21-,29?/m0/s1. The smallest absolute Gasteiger partial charge is 0.176 e. The minimum atomic E-state index is -1.11. The van der Waals surface area contributed by atoms with Crippen LogP contribution in [0.2, 0.25) is 0 Å². The Morgan fingerprint density at radius 2 is 2.07 bits per heavy atom. The van der Waals surface area contributed by atoms with Crippen LogP contribution in [0.5, 0.6) is 0 Å². The molecule has 148 valence electrons. The molecule has 2 aliphatic rings. The summed E-state index contributed by atoms with van der Waals surface area (Å²) >= 11 is 2.35. The minimum Gasteiger partial charge on any atom is -0.616 e. The molecule has 3 heterocycles. The highest BCUT2D eigenvalue weighted by Crippen LogP contribution is 2.46. The van der Waals surface area contributed by atoms with Gasteiger partial charge in [-0.1, -0.05) is 6.07 Å². The molecule has 0 amide bonds. The van der Waals surface area contributed by atoms with Crippen molar-refractivity contribution in [3.63, 3.8) is 0 Å². The third-order valence-electron chi connectivity index (χ3n) is 5.86. The predicted molar refractivity (Wildman–Crippen MR) is 120 cm³/mol. The van der Waals surface area contributed by atoms with Gasteiger partial charge in [-0.3, -0.25) is 10.4 Å². The molecule has 1 unspecified atom stereocenters. The Hall–Kier alpha value is -2.16. The zero-order valence-electron chi connectivity index (χ0n) is 16.0. The SMILES string of the molecule is CC1(C)C(=N)N[C@@]2(Cc3ccc(Nc4nccc5cc(Br)cnc45)cc32)C[S+]1[O-]. The van der Waals surface area contributed by atoms with Crippen LogP contribution in [0.1, 0.15) is 25.0 Å². The van der Waals surface area contributed by atoms with Gasteiger partial charge in [0.05, 0.1) is 0 Å². The fraction of sp³-hybridized carbons (Fsp3) is 0.286. The van der Waals surface area contributed by atoms with Crippen molar-refractivity contribution >= 4 is 55.3 Å². The van der Waals surface area contributed by atoms with Gasteiger partial charge < -0.3 is 15.2 Å². The lowest BCUT2D eigenvalue weighted by atomic mass is 9.71. The van der Waals surface area contributed by atoms with Crippen molar-refractivity contribution < 1.29 is 4.55 Å². The van der Waals surface area contributed by atoms with Crippen molar-refractivity contribution in [1.29, 1.82) is 5.41 Å². The lowest BCUT2D eigenvalue weighted by Crippen LogP contribution is -2.68. The summed E-state index contributed by atoms with van der Waals surface area (Å²) in [6, 6.07) is 10.1. The summed E-state index contributed by atoms with van der Waals surface area (Å²) in [5, 5.41) is 16.1. The number of rotatable bonds is 2. The molecule has 1 spiro atoms. The van der Waals surface area contributed by atoms with Crippen molar-refractivity contribution in [3.8, 4) is 0 Å². The quantitative estimate of drug-likeness (QED) is 0.492. The van der Waals surface area contributed by atoms with E-state index < -0.39 is 21.5 Å². The van der Waals surface area contributed by atoms with Gasteiger partial charge in [-0.25, -0.2) is 4.98 Å². The van der Waals surface area contributed by atoms with Crippen molar-refractivity contribution in [2.24, 2.45) is 0 Å². The fourth-order valence-electron chi connectivity index (χ4n) is 4.01. The lowest BCUT2D eigenvalue weighted by Gasteiger charge is -2.51. The third kappa shape index (κ3) is 2.93. The average Bonchev–Trinajstić information content (AvgIpc) is 2.67. The van der Waals surface area contributed by atoms with Crippen LogP contribution in [0.15, 0.2) is 47.2 Å². The van der Waals surface area contributed by atoms with Crippen molar-refractivity contribution in [1.82, 2.24) is 15.3 Å². The van der Waals surface area contributed by atoms with E-state index in [1.807, 2.05) is 32.0 Å². The molecule has 1 aliphatic heterocycles. The van der Waals surface area contributed by atoms with Crippen molar-refractivity contribution in [2.45, 2.75) is 30.6 Å². The molecule has 1 aromatic carbocycles. The van der Waals surface area contributed by atoms with E-state index in [0.29, 0.717) is 17.4 Å². The lowest BCUT2D eigenvalue weighted by molar-refractivity contribution is 0.357. The topological polar surface area (TPSA) is 96.8 Å². The van der Waals surface area contributed by atoms with Crippen molar-refractivity contribution in [3.05, 3.63) is 58.3 Å². The summed E-state index contributed by atoms with van der Waals surface area (Å²) in [6.07, 6.45) is 4.31. The van der Waals surface area contributed by atoms with Gasteiger partial charge in [-0.15, -0.1) is 0 Å². The Labute approximate surface area is 180 Å². The highest BCUT2D eigenvalue weighted by Gasteiger charge is 2.56. The second kappa shape index (κ2) is 6.42. The van der Waals surface area contributed by atoms with E-state index in [1.165, 1.54) is 5.56 Å². The number of hydrogen-bond acceptors (Lipinski definition) is 5. The monoisotopic (exact) mass is 469 g/mol. The number of pyridine rings is 2. The van der Waals surface area contributed by atoms with Crippen LogP contribution >= 0.6 is 15.9 Å². The van der Waals surface area contributed by atoms with Crippen LogP contribution in [0, 0.1) is 5.41 Å². The molecule has 29 heavy (non-hydrogen) atoms. The predicted octanol–water partition coefficient (Wildman–Crippen LogP) is 4.00. The molecule has 8 heteroatoms. The molecule has 3 aromatic rings. The summed E-state index contributed by atoms with van der Waals surface area (Å²) in [5.41, 5.74) is 3.61. The average molecular weight is 470 g/mol. The maximum absolute atomic E-state index is 12.8. The minimum absolute atomic E-state index is 0.344. The molecular formula is C21H20BrN5OS. The Morgan fingerprint density at radius 1 is 1.24 bits per heavy atom. The number of halogens is 1. The van der Waals surface area contributed by atoms with Crippen LogP contribution in [0.3, 0.4) is 0 Å². The molecule has 1 fully saturated rings. The van der Waals surface area contributed by atoms with Gasteiger partial charge >= 0.3 is 0 Å². The summed E-state index contributed by atoms with van der Waals surface area (Å²) in [7, 11) is 0. The van der Waals surface area contributed by atoms with Crippen LogP contribution in [-0.2, 0) is 23.1 Å². The van der Waals surface area contributed by atoms with E-state index in [1.54, 1.807) is 12.4 Å². The van der Waals surface area contributed by atoms with Gasteiger partial charge in [0.1, 0.15) is 16.8 Å². The molecule has 0 bridgehead atoms. The van der Waals surface area contributed by atoms with E-state index in [4.69, 9.17) is 5.41 Å². The first-order chi connectivity index (χ1) is 13.8. The normalized spacial score (nSPS) is 24.7. The fourth-order valence-corrected chi connectivity index (χ4v) is 5.78. The molecule has 5 rings (SSSR count). The Morgan fingerprint density at radius 3 is 2.86 bits per heavy atom. The first-order valence-electron chi connectivity index (χ1n) is 9.35. The van der Waals surface area contributed by atoms with Gasteiger partial charge in [0.15, 0.2) is 16.4 Å². The maximum Gasteiger partial charge on any atom is 0.176 e. The summed E-state index contributed by atoms with van der Waals surface area (Å²) in [5.74, 6) is 1.55. The third-order valence-corrected chi connectivity index (χ3v) is 8.39. The number of benzene rings is 1. The first-order valence-corrected chi connectivity index (χ1v) is 11.5. The highest BCUT2D eigenvalue weighted by molar-refractivity contribution is 9.10. The number of aromatic nitrogens is 2. The van der Waals surface area contributed by atoms with E-state index >= 15 is 0 Å². The van der Waals surface area contributed by atoms with Gasteiger partial charge in [0, 0.05) is 34.4 Å². The van der Waals surface area contributed by atoms with Gasteiger partial charge in [0.25, 0.3) is 0 Å². The van der Waals surface area contributed by atoms with Gasteiger partial charge in [0.2, 0.25) is 0 Å². The van der Waals surface area contributed by atoms with Crippen LogP contribution in [0.4, 0.5) is 11.5 Å². The van der Waals surface area contributed by atoms with Crippen LogP contribution in [-0.4, -0.2) is 30.9 Å². The zero-order valence-corrected chi connectivity index (χ0v) is 18.4. The van der Waals surface area contributed by atoms with E-state index in [0.717, 1.165) is 33.0 Å². The number of amidine groups is 1. The Bertz CT molecular complexity index is 1170. The van der Waals surface area contributed by atoms with Crippen LogP contribution < -0.4 is 10.6 Å². The molecule has 3 N–H and O–H groups in total. The van der Waals surface area contributed by atoms with Gasteiger partial charge in [-0.2, -0.15) is 0 Å². The van der Waals surface area contributed by atoms with E-state index in [-0.39, 0.29) is 0 Å². The second-order valence-corrected chi connectivity index (χ2v) is 11.1. The maximum atomic E-state index is 12.8. The molecule has 2 aromatic heterocycles. The molecule has 6 nitrogen and oxygen atoms in total. The first kappa shape index (κ1) is 18.8. The molecule has 0 radical (unpaired) electrons. The molecule has 2 atom stereocenters. The summed E-state index contributed by atoms with van der Waals surface area (Å²) < 4.78 is 13.1. The van der Waals surface area contributed by atoms with Crippen LogP contribution in [0.25, 0.3) is 10.9 Å². The number of hydrogen-bond donors (Lipinski definition) is 3. The molecule has 1 aliphatic carbocycles.